The third-order valence-corrected chi connectivity index (χ3v) is 8.26. The number of hydrogen-bond acceptors (Lipinski definition) is 3. The van der Waals surface area contributed by atoms with Crippen LogP contribution in [0.4, 0.5) is 0 Å². The number of likely N-dealkylation sites (N-methyl/N-ethyl adjacent to an activating group) is 1. The van der Waals surface area contributed by atoms with Crippen molar-refractivity contribution in [1.29, 1.82) is 0 Å². The third-order valence-electron chi connectivity index (χ3n) is 8.26. The monoisotopic (exact) mass is 361 g/mol. The van der Waals surface area contributed by atoms with Crippen LogP contribution >= 0.6 is 0 Å². The standard InChI is InChI=1S/C23H39NO2/c1-16-8-9-19-21(26)20(11-13-22(16,19)2)23(3)12-10-18(25)15-17(23)7-6-14-24(4)5/h6-7,17-21,25-26H,1,8-15H2,2-5H3/t17?,18?,19?,20?,21-,22?,23?/m0/s1. The molecule has 0 aromatic rings. The first kappa shape index (κ1) is 20.1. The molecule has 3 nitrogen and oxygen atoms in total. The molecule has 0 radical (unpaired) electrons. The van der Waals surface area contributed by atoms with E-state index in [1.54, 1.807) is 0 Å². The smallest absolute Gasteiger partial charge is 0.0610 e. The predicted molar refractivity (Wildman–Crippen MR) is 108 cm³/mol. The first-order chi connectivity index (χ1) is 12.2. The lowest BCUT2D eigenvalue weighted by molar-refractivity contribution is -0.110. The highest BCUT2D eigenvalue weighted by Crippen LogP contribution is 2.61. The van der Waals surface area contributed by atoms with Crippen LogP contribution in [-0.2, 0) is 0 Å². The zero-order valence-electron chi connectivity index (χ0n) is 17.2. The van der Waals surface area contributed by atoms with Gasteiger partial charge in [-0.1, -0.05) is 38.2 Å². The van der Waals surface area contributed by atoms with Gasteiger partial charge in [-0.2, -0.15) is 0 Å². The Kier molecular flexibility index (Phi) is 5.73. The van der Waals surface area contributed by atoms with Gasteiger partial charge < -0.3 is 15.1 Å². The summed E-state index contributed by atoms with van der Waals surface area (Å²) in [6.45, 7) is 9.95. The first-order valence-corrected chi connectivity index (χ1v) is 10.5. The molecule has 0 bridgehead atoms. The number of aliphatic hydroxyl groups excluding tert-OH is 2. The van der Waals surface area contributed by atoms with Gasteiger partial charge in [0.2, 0.25) is 0 Å². The van der Waals surface area contributed by atoms with E-state index in [-0.39, 0.29) is 23.0 Å². The highest BCUT2D eigenvalue weighted by Gasteiger charge is 2.56. The molecule has 3 aliphatic rings. The molecule has 0 amide bonds. The quantitative estimate of drug-likeness (QED) is 0.744. The normalized spacial score (nSPS) is 46.9. The van der Waals surface area contributed by atoms with Gasteiger partial charge >= 0.3 is 0 Å². The summed E-state index contributed by atoms with van der Waals surface area (Å²) in [7, 11) is 4.16. The van der Waals surface area contributed by atoms with Crippen molar-refractivity contribution in [2.45, 2.75) is 71.0 Å². The summed E-state index contributed by atoms with van der Waals surface area (Å²) >= 11 is 0. The number of allylic oxidation sites excluding steroid dienone is 2. The van der Waals surface area contributed by atoms with E-state index >= 15 is 0 Å². The average Bonchev–Trinajstić information content (AvgIpc) is 2.87. The van der Waals surface area contributed by atoms with Gasteiger partial charge in [0.15, 0.2) is 0 Å². The largest absolute Gasteiger partial charge is 0.393 e. The molecule has 3 aliphatic carbocycles. The minimum atomic E-state index is -0.238. The molecule has 0 aromatic heterocycles. The Morgan fingerprint density at radius 3 is 2.54 bits per heavy atom. The average molecular weight is 362 g/mol. The molecule has 0 saturated heterocycles. The lowest BCUT2D eigenvalue weighted by Crippen LogP contribution is -2.52. The van der Waals surface area contributed by atoms with Crippen LogP contribution in [0.5, 0.6) is 0 Å². The van der Waals surface area contributed by atoms with Crippen LogP contribution in [0.3, 0.4) is 0 Å². The van der Waals surface area contributed by atoms with Crippen LogP contribution in [-0.4, -0.2) is 48.0 Å². The fraction of sp³-hybridized carbons (Fsp3) is 0.826. The summed E-state index contributed by atoms with van der Waals surface area (Å²) in [5.41, 5.74) is 1.57. The third kappa shape index (κ3) is 3.43. The minimum Gasteiger partial charge on any atom is -0.393 e. The maximum atomic E-state index is 11.4. The van der Waals surface area contributed by atoms with Crippen molar-refractivity contribution in [1.82, 2.24) is 4.90 Å². The fourth-order valence-corrected chi connectivity index (χ4v) is 6.27. The Hall–Kier alpha value is -0.640. The van der Waals surface area contributed by atoms with E-state index in [1.165, 1.54) is 5.57 Å². The molecule has 3 rings (SSSR count). The highest BCUT2D eigenvalue weighted by molar-refractivity contribution is 5.21. The Labute approximate surface area is 160 Å². The van der Waals surface area contributed by atoms with Gasteiger partial charge in [-0.25, -0.2) is 0 Å². The molecule has 0 heterocycles. The van der Waals surface area contributed by atoms with E-state index < -0.39 is 0 Å². The van der Waals surface area contributed by atoms with E-state index in [2.05, 4.69) is 51.6 Å². The van der Waals surface area contributed by atoms with Crippen LogP contribution in [0.1, 0.15) is 58.8 Å². The molecule has 0 spiro atoms. The van der Waals surface area contributed by atoms with Crippen molar-refractivity contribution in [3.63, 3.8) is 0 Å². The van der Waals surface area contributed by atoms with Gasteiger partial charge in [0.1, 0.15) is 0 Å². The number of nitrogens with zero attached hydrogens (tertiary/aromatic N) is 1. The molecule has 7 atom stereocenters. The van der Waals surface area contributed by atoms with Crippen molar-refractivity contribution in [3.8, 4) is 0 Å². The second-order valence-corrected chi connectivity index (χ2v) is 10.0. The molecule has 6 unspecified atom stereocenters. The molecule has 0 aromatic carbocycles. The number of rotatable bonds is 4. The predicted octanol–water partition coefficient (Wildman–Crippen LogP) is 4.01. The van der Waals surface area contributed by atoms with Crippen LogP contribution in [0.25, 0.3) is 0 Å². The Morgan fingerprint density at radius 1 is 1.12 bits per heavy atom. The van der Waals surface area contributed by atoms with E-state index in [1.807, 2.05) is 0 Å². The van der Waals surface area contributed by atoms with Gasteiger partial charge in [0, 0.05) is 6.54 Å². The maximum Gasteiger partial charge on any atom is 0.0610 e. The zero-order valence-corrected chi connectivity index (χ0v) is 17.2. The second kappa shape index (κ2) is 7.41. The van der Waals surface area contributed by atoms with E-state index in [4.69, 9.17) is 0 Å². The second-order valence-electron chi connectivity index (χ2n) is 10.0. The maximum absolute atomic E-state index is 11.4. The van der Waals surface area contributed by atoms with Gasteiger partial charge in [-0.05, 0) is 87.6 Å². The fourth-order valence-electron chi connectivity index (χ4n) is 6.27. The Bertz CT molecular complexity index is 556. The molecule has 3 heteroatoms. The SMILES string of the molecule is C=C1CCC2[C@H](O)C(C3(C)CCC(O)CC3C=CCN(C)C)CCC12C. The van der Waals surface area contributed by atoms with Crippen LogP contribution < -0.4 is 0 Å². The topological polar surface area (TPSA) is 43.7 Å². The van der Waals surface area contributed by atoms with Crippen molar-refractivity contribution in [2.24, 2.45) is 28.6 Å². The van der Waals surface area contributed by atoms with E-state index in [0.29, 0.717) is 17.8 Å². The van der Waals surface area contributed by atoms with E-state index in [9.17, 15) is 10.2 Å². The highest BCUT2D eigenvalue weighted by atomic mass is 16.3. The van der Waals surface area contributed by atoms with Crippen LogP contribution in [0.2, 0.25) is 0 Å². The van der Waals surface area contributed by atoms with Gasteiger partial charge in [0.25, 0.3) is 0 Å². The lowest BCUT2D eigenvalue weighted by Gasteiger charge is -2.54. The first-order valence-electron chi connectivity index (χ1n) is 10.5. The van der Waals surface area contributed by atoms with E-state index in [0.717, 1.165) is 51.5 Å². The Morgan fingerprint density at radius 2 is 1.85 bits per heavy atom. The summed E-state index contributed by atoms with van der Waals surface area (Å²) in [6.07, 6.45) is 11.3. The van der Waals surface area contributed by atoms with Crippen LogP contribution in [0, 0.1) is 28.6 Å². The molecule has 3 saturated carbocycles. The van der Waals surface area contributed by atoms with Gasteiger partial charge in [-0.3, -0.25) is 0 Å². The van der Waals surface area contributed by atoms with Gasteiger partial charge in [0.05, 0.1) is 12.2 Å². The number of fused-ring (bicyclic) bond motifs is 1. The summed E-state index contributed by atoms with van der Waals surface area (Å²) in [6, 6.07) is 0. The lowest BCUT2D eigenvalue weighted by atomic mass is 9.52. The molecule has 148 valence electrons. The van der Waals surface area contributed by atoms with Crippen molar-refractivity contribution in [2.75, 3.05) is 20.6 Å². The molecule has 2 N–H and O–H groups in total. The van der Waals surface area contributed by atoms with Gasteiger partial charge in [-0.15, -0.1) is 0 Å². The zero-order chi connectivity index (χ0) is 19.1. The summed E-state index contributed by atoms with van der Waals surface area (Å²) < 4.78 is 0. The molecule has 0 aliphatic heterocycles. The van der Waals surface area contributed by atoms with Crippen molar-refractivity contribution < 1.29 is 10.2 Å². The summed E-state index contributed by atoms with van der Waals surface area (Å²) in [5.74, 6) is 1.04. The van der Waals surface area contributed by atoms with Crippen molar-refractivity contribution >= 4 is 0 Å². The summed E-state index contributed by atoms with van der Waals surface area (Å²) in [5, 5.41) is 21.7. The number of aliphatic hydroxyl groups is 2. The molecular weight excluding hydrogens is 322 g/mol. The molecular formula is C23H39NO2. The minimum absolute atomic E-state index is 0.0761. The summed E-state index contributed by atoms with van der Waals surface area (Å²) in [4.78, 5) is 2.16. The number of hydrogen-bond donors (Lipinski definition) is 2. The molecule has 26 heavy (non-hydrogen) atoms. The van der Waals surface area contributed by atoms with Crippen LogP contribution in [0.15, 0.2) is 24.3 Å². The Balaban J connectivity index is 1.82. The molecule has 3 fully saturated rings. The van der Waals surface area contributed by atoms with Crippen molar-refractivity contribution in [3.05, 3.63) is 24.3 Å².